The Morgan fingerprint density at radius 3 is 2.38 bits per heavy atom. The molecule has 2 saturated heterocycles. The highest BCUT2D eigenvalue weighted by Crippen LogP contribution is 2.37. The van der Waals surface area contributed by atoms with Crippen LogP contribution in [0.25, 0.3) is 0 Å². The Balaban J connectivity index is 1.67. The number of amides is 1. The van der Waals surface area contributed by atoms with Crippen LogP contribution in [-0.2, 0) is 11.8 Å². The molecular formula is C15H23N5O4. The van der Waals surface area contributed by atoms with Gasteiger partial charge in [-0.15, -0.1) is 0 Å². The van der Waals surface area contributed by atoms with Gasteiger partial charge in [-0.1, -0.05) is 0 Å². The largest absolute Gasteiger partial charge is 0.444 e. The van der Waals surface area contributed by atoms with Gasteiger partial charge in [0, 0.05) is 45.1 Å². The van der Waals surface area contributed by atoms with Crippen LogP contribution in [0.4, 0.5) is 16.3 Å². The normalized spacial score (nSPS) is 23.5. The fourth-order valence-electron chi connectivity index (χ4n) is 3.56. The molecule has 0 aromatic carbocycles. The molecule has 3 rings (SSSR count). The standard InChI is InChI=1S/C15H23N5O4/c1-15(2,3)24-14(21)19-8-10-6-18(7-11(10)9-19)13-12(20(22)23)5-16-17(13)4/h5,10-11H,6-9H2,1-4H3/t10-,11+. The Bertz CT molecular complexity index is 651. The molecule has 24 heavy (non-hydrogen) atoms. The number of hydrogen-bond donors (Lipinski definition) is 0. The molecule has 0 N–H and O–H groups in total. The Morgan fingerprint density at radius 1 is 1.29 bits per heavy atom. The molecule has 2 fully saturated rings. The summed E-state index contributed by atoms with van der Waals surface area (Å²) in [5.74, 6) is 1.14. The number of fused-ring (bicyclic) bond motifs is 1. The first-order valence-electron chi connectivity index (χ1n) is 8.05. The second kappa shape index (κ2) is 5.64. The highest BCUT2D eigenvalue weighted by Gasteiger charge is 2.44. The average molecular weight is 337 g/mol. The third-order valence-corrected chi connectivity index (χ3v) is 4.52. The van der Waals surface area contributed by atoms with Gasteiger partial charge in [-0.25, -0.2) is 9.48 Å². The van der Waals surface area contributed by atoms with Crippen molar-refractivity contribution in [3.8, 4) is 0 Å². The van der Waals surface area contributed by atoms with Crippen LogP contribution in [0, 0.1) is 22.0 Å². The van der Waals surface area contributed by atoms with E-state index in [-0.39, 0.29) is 11.8 Å². The van der Waals surface area contributed by atoms with Crippen LogP contribution in [0.2, 0.25) is 0 Å². The molecule has 0 aliphatic carbocycles. The predicted molar refractivity (Wildman–Crippen MR) is 86.9 cm³/mol. The van der Waals surface area contributed by atoms with E-state index in [4.69, 9.17) is 4.74 Å². The molecule has 0 radical (unpaired) electrons. The van der Waals surface area contributed by atoms with Crippen molar-refractivity contribution in [2.75, 3.05) is 31.1 Å². The van der Waals surface area contributed by atoms with Crippen molar-refractivity contribution in [1.29, 1.82) is 0 Å². The molecule has 1 amide bonds. The van der Waals surface area contributed by atoms with E-state index in [0.29, 0.717) is 43.8 Å². The predicted octanol–water partition coefficient (Wildman–Crippen LogP) is 1.63. The number of likely N-dealkylation sites (tertiary alicyclic amines) is 1. The lowest BCUT2D eigenvalue weighted by Gasteiger charge is -2.26. The Hall–Kier alpha value is -2.32. The zero-order chi connectivity index (χ0) is 17.6. The molecule has 2 aliphatic heterocycles. The number of aromatic nitrogens is 2. The zero-order valence-electron chi connectivity index (χ0n) is 14.4. The minimum absolute atomic E-state index is 0.0291. The smallest absolute Gasteiger partial charge is 0.410 e. The van der Waals surface area contributed by atoms with Crippen LogP contribution in [0.1, 0.15) is 20.8 Å². The zero-order valence-corrected chi connectivity index (χ0v) is 14.4. The number of rotatable bonds is 2. The van der Waals surface area contributed by atoms with Gasteiger partial charge in [0.25, 0.3) is 0 Å². The second-order valence-electron chi connectivity index (χ2n) is 7.54. The van der Waals surface area contributed by atoms with Gasteiger partial charge in [0.05, 0.1) is 4.92 Å². The van der Waals surface area contributed by atoms with E-state index in [1.807, 2.05) is 25.7 Å². The second-order valence-corrected chi connectivity index (χ2v) is 7.54. The number of anilines is 1. The van der Waals surface area contributed by atoms with E-state index in [9.17, 15) is 14.9 Å². The van der Waals surface area contributed by atoms with Crippen LogP contribution >= 0.6 is 0 Å². The molecule has 0 saturated carbocycles. The summed E-state index contributed by atoms with van der Waals surface area (Å²) in [6, 6.07) is 0. The van der Waals surface area contributed by atoms with Crippen LogP contribution in [0.5, 0.6) is 0 Å². The van der Waals surface area contributed by atoms with Crippen molar-refractivity contribution >= 4 is 17.6 Å². The van der Waals surface area contributed by atoms with Crippen LogP contribution in [-0.4, -0.2) is 57.5 Å². The summed E-state index contributed by atoms with van der Waals surface area (Å²) < 4.78 is 6.97. The Kier molecular flexibility index (Phi) is 3.89. The van der Waals surface area contributed by atoms with E-state index in [0.717, 1.165) is 0 Å². The summed E-state index contributed by atoms with van der Waals surface area (Å²) >= 11 is 0. The fourth-order valence-corrected chi connectivity index (χ4v) is 3.56. The summed E-state index contributed by atoms with van der Waals surface area (Å²) in [6.45, 7) is 8.18. The summed E-state index contributed by atoms with van der Waals surface area (Å²) in [4.78, 5) is 26.7. The maximum absolute atomic E-state index is 12.2. The van der Waals surface area contributed by atoms with Gasteiger partial charge in [0.2, 0.25) is 5.82 Å². The van der Waals surface area contributed by atoms with E-state index >= 15 is 0 Å². The fraction of sp³-hybridized carbons (Fsp3) is 0.733. The maximum atomic E-state index is 12.2. The average Bonchev–Trinajstić information content (AvgIpc) is 3.07. The quantitative estimate of drug-likeness (QED) is 0.601. The molecule has 9 nitrogen and oxygen atoms in total. The van der Waals surface area contributed by atoms with Crippen molar-refractivity contribution in [1.82, 2.24) is 14.7 Å². The SMILES string of the molecule is Cn1ncc([N+](=O)[O-])c1N1C[C@H]2CN(C(=O)OC(C)(C)C)C[C@H]2C1. The van der Waals surface area contributed by atoms with Crippen LogP contribution in [0.15, 0.2) is 6.20 Å². The lowest BCUT2D eigenvalue weighted by molar-refractivity contribution is -0.384. The van der Waals surface area contributed by atoms with Gasteiger partial charge in [0.15, 0.2) is 0 Å². The Morgan fingerprint density at radius 2 is 1.88 bits per heavy atom. The van der Waals surface area contributed by atoms with Crippen LogP contribution in [0.3, 0.4) is 0 Å². The summed E-state index contributed by atoms with van der Waals surface area (Å²) in [7, 11) is 1.71. The van der Waals surface area contributed by atoms with E-state index in [1.165, 1.54) is 6.20 Å². The number of nitrogens with zero attached hydrogens (tertiary/aromatic N) is 5. The van der Waals surface area contributed by atoms with Gasteiger partial charge in [-0.3, -0.25) is 10.1 Å². The summed E-state index contributed by atoms with van der Waals surface area (Å²) in [5.41, 5.74) is -0.475. The van der Waals surface area contributed by atoms with Gasteiger partial charge < -0.3 is 14.5 Å². The topological polar surface area (TPSA) is 93.7 Å². The highest BCUT2D eigenvalue weighted by molar-refractivity contribution is 5.69. The van der Waals surface area contributed by atoms with Crippen molar-refractivity contribution in [2.24, 2.45) is 18.9 Å². The maximum Gasteiger partial charge on any atom is 0.410 e. The minimum atomic E-state index is -0.504. The molecule has 3 heterocycles. The van der Waals surface area contributed by atoms with Gasteiger partial charge in [-0.2, -0.15) is 5.10 Å². The number of hydrogen-bond acceptors (Lipinski definition) is 6. The first-order chi connectivity index (χ1) is 11.2. The van der Waals surface area contributed by atoms with Crippen molar-refractivity contribution in [3.63, 3.8) is 0 Å². The lowest BCUT2D eigenvalue weighted by Crippen LogP contribution is -2.37. The molecule has 2 atom stereocenters. The third kappa shape index (κ3) is 3.02. The highest BCUT2D eigenvalue weighted by atomic mass is 16.6. The van der Waals surface area contributed by atoms with Crippen molar-refractivity contribution in [2.45, 2.75) is 26.4 Å². The molecule has 132 valence electrons. The van der Waals surface area contributed by atoms with Crippen molar-refractivity contribution < 1.29 is 14.5 Å². The van der Waals surface area contributed by atoms with Gasteiger partial charge >= 0.3 is 11.8 Å². The molecule has 1 aromatic heterocycles. The monoisotopic (exact) mass is 337 g/mol. The van der Waals surface area contributed by atoms with Gasteiger partial charge in [0.1, 0.15) is 11.8 Å². The van der Waals surface area contributed by atoms with E-state index in [1.54, 1.807) is 16.6 Å². The number of ether oxygens (including phenoxy) is 1. The molecule has 0 bridgehead atoms. The third-order valence-electron chi connectivity index (χ3n) is 4.52. The first kappa shape index (κ1) is 16.5. The van der Waals surface area contributed by atoms with E-state index < -0.39 is 10.5 Å². The summed E-state index contributed by atoms with van der Waals surface area (Å²) in [5, 5.41) is 15.2. The molecule has 0 unspecified atom stereocenters. The lowest BCUT2D eigenvalue weighted by atomic mass is 10.0. The van der Waals surface area contributed by atoms with Crippen LogP contribution < -0.4 is 4.90 Å². The number of carbonyl (C=O) groups is 1. The number of aryl methyl sites for hydroxylation is 1. The summed E-state index contributed by atoms with van der Waals surface area (Å²) in [6.07, 6.45) is 1.01. The molecule has 9 heteroatoms. The molecule has 1 aromatic rings. The minimum Gasteiger partial charge on any atom is -0.444 e. The molecule has 2 aliphatic rings. The Labute approximate surface area is 140 Å². The van der Waals surface area contributed by atoms with Gasteiger partial charge in [-0.05, 0) is 20.8 Å². The number of nitro groups is 1. The molecule has 0 spiro atoms. The number of carbonyl (C=O) groups excluding carboxylic acids is 1. The first-order valence-corrected chi connectivity index (χ1v) is 8.05. The van der Waals surface area contributed by atoms with E-state index in [2.05, 4.69) is 5.10 Å². The van der Waals surface area contributed by atoms with Crippen molar-refractivity contribution in [3.05, 3.63) is 16.3 Å². The molecular weight excluding hydrogens is 314 g/mol.